The number of methoxy groups -OCH3 is 1. The maximum Gasteiger partial charge on any atom is 0.237 e. The van der Waals surface area contributed by atoms with Crippen LogP contribution in [-0.2, 0) is 14.3 Å². The standard InChI is InChI=1S/C12H24N2O3/c1-10(2)8-11-13-9-12(15)14(11)4-5-17-7-6-16-3/h10-11,13H,4-9H2,1-3H3. The van der Waals surface area contributed by atoms with Gasteiger partial charge in [0.1, 0.15) is 0 Å². The third-order valence-corrected chi connectivity index (χ3v) is 2.79. The van der Waals surface area contributed by atoms with E-state index < -0.39 is 0 Å². The summed E-state index contributed by atoms with van der Waals surface area (Å²) in [7, 11) is 1.65. The minimum Gasteiger partial charge on any atom is -0.382 e. The molecule has 0 aromatic heterocycles. The van der Waals surface area contributed by atoms with Crippen LogP contribution in [-0.4, -0.2) is 57.0 Å². The van der Waals surface area contributed by atoms with Gasteiger partial charge in [-0.1, -0.05) is 13.8 Å². The zero-order valence-electron chi connectivity index (χ0n) is 11.1. The molecule has 0 radical (unpaired) electrons. The molecule has 1 aliphatic rings. The Kier molecular flexibility index (Phi) is 6.47. The topological polar surface area (TPSA) is 50.8 Å². The first kappa shape index (κ1) is 14.4. The van der Waals surface area contributed by atoms with Crippen LogP contribution in [0.3, 0.4) is 0 Å². The first-order valence-corrected chi connectivity index (χ1v) is 6.24. The minimum absolute atomic E-state index is 0.172. The van der Waals surface area contributed by atoms with Gasteiger partial charge in [-0.25, -0.2) is 0 Å². The van der Waals surface area contributed by atoms with Crippen LogP contribution in [0.1, 0.15) is 20.3 Å². The average molecular weight is 244 g/mol. The van der Waals surface area contributed by atoms with Crippen molar-refractivity contribution in [2.24, 2.45) is 5.92 Å². The molecule has 0 spiro atoms. The van der Waals surface area contributed by atoms with E-state index in [2.05, 4.69) is 19.2 Å². The third-order valence-electron chi connectivity index (χ3n) is 2.79. The van der Waals surface area contributed by atoms with Crippen molar-refractivity contribution < 1.29 is 14.3 Å². The number of nitrogens with zero attached hydrogens (tertiary/aromatic N) is 1. The van der Waals surface area contributed by atoms with Crippen molar-refractivity contribution in [1.29, 1.82) is 0 Å². The maximum atomic E-state index is 11.7. The van der Waals surface area contributed by atoms with E-state index in [-0.39, 0.29) is 12.1 Å². The lowest BCUT2D eigenvalue weighted by atomic mass is 10.1. The zero-order chi connectivity index (χ0) is 12.7. The number of carbonyl (C=O) groups is 1. The van der Waals surface area contributed by atoms with Crippen molar-refractivity contribution in [2.75, 3.05) is 40.0 Å². The summed E-state index contributed by atoms with van der Waals surface area (Å²) in [5, 5.41) is 3.24. The Morgan fingerprint density at radius 1 is 1.41 bits per heavy atom. The highest BCUT2D eigenvalue weighted by molar-refractivity contribution is 5.80. The molecule has 1 rings (SSSR count). The first-order valence-electron chi connectivity index (χ1n) is 6.24. The molecule has 100 valence electrons. The Bertz CT molecular complexity index is 234. The van der Waals surface area contributed by atoms with Crippen molar-refractivity contribution in [3.63, 3.8) is 0 Å². The van der Waals surface area contributed by atoms with E-state index in [1.54, 1.807) is 7.11 Å². The largest absolute Gasteiger partial charge is 0.382 e. The number of carbonyl (C=O) groups excluding carboxylic acids is 1. The molecule has 5 heteroatoms. The summed E-state index contributed by atoms with van der Waals surface area (Å²) < 4.78 is 10.3. The van der Waals surface area contributed by atoms with E-state index in [0.717, 1.165) is 6.42 Å². The van der Waals surface area contributed by atoms with E-state index in [4.69, 9.17) is 9.47 Å². The summed E-state index contributed by atoms with van der Waals surface area (Å²) >= 11 is 0. The predicted molar refractivity (Wildman–Crippen MR) is 65.7 cm³/mol. The van der Waals surface area contributed by atoms with Crippen LogP contribution in [0.25, 0.3) is 0 Å². The number of hydrogen-bond donors (Lipinski definition) is 1. The Labute approximate surface area is 103 Å². The van der Waals surface area contributed by atoms with Gasteiger partial charge in [0.25, 0.3) is 0 Å². The Morgan fingerprint density at radius 2 is 2.18 bits per heavy atom. The lowest BCUT2D eigenvalue weighted by Crippen LogP contribution is -2.40. The summed E-state index contributed by atoms with van der Waals surface area (Å²) in [6.07, 6.45) is 1.16. The normalized spacial score (nSPS) is 20.6. The van der Waals surface area contributed by atoms with Crippen molar-refractivity contribution in [1.82, 2.24) is 10.2 Å². The molecule has 0 saturated carbocycles. The molecule has 1 atom stereocenters. The van der Waals surface area contributed by atoms with Crippen LogP contribution < -0.4 is 5.32 Å². The van der Waals surface area contributed by atoms with E-state index in [1.165, 1.54) is 0 Å². The van der Waals surface area contributed by atoms with E-state index in [9.17, 15) is 4.79 Å². The second-order valence-electron chi connectivity index (χ2n) is 4.72. The van der Waals surface area contributed by atoms with E-state index in [0.29, 0.717) is 38.8 Å². The monoisotopic (exact) mass is 244 g/mol. The molecule has 1 saturated heterocycles. The van der Waals surface area contributed by atoms with Gasteiger partial charge in [0.05, 0.1) is 32.5 Å². The van der Waals surface area contributed by atoms with Gasteiger partial charge in [0, 0.05) is 13.7 Å². The molecule has 0 aromatic rings. The average Bonchev–Trinajstić information content (AvgIpc) is 2.60. The minimum atomic E-state index is 0.172. The fourth-order valence-corrected chi connectivity index (χ4v) is 1.94. The second kappa shape index (κ2) is 7.63. The van der Waals surface area contributed by atoms with Crippen LogP contribution in [0.5, 0.6) is 0 Å². The van der Waals surface area contributed by atoms with E-state index in [1.807, 2.05) is 4.90 Å². The predicted octanol–water partition coefficient (Wildman–Crippen LogP) is 0.453. The summed E-state index contributed by atoms with van der Waals surface area (Å²) in [6.45, 7) is 7.20. The van der Waals surface area contributed by atoms with Crippen LogP contribution >= 0.6 is 0 Å². The number of hydrogen-bond acceptors (Lipinski definition) is 4. The van der Waals surface area contributed by atoms with Gasteiger partial charge in [0.2, 0.25) is 5.91 Å². The second-order valence-corrected chi connectivity index (χ2v) is 4.72. The highest BCUT2D eigenvalue weighted by atomic mass is 16.5. The van der Waals surface area contributed by atoms with Crippen molar-refractivity contribution >= 4 is 5.91 Å². The van der Waals surface area contributed by atoms with Crippen LogP contribution in [0.15, 0.2) is 0 Å². The zero-order valence-corrected chi connectivity index (χ0v) is 11.1. The van der Waals surface area contributed by atoms with Crippen LogP contribution in [0, 0.1) is 5.92 Å². The molecular weight excluding hydrogens is 220 g/mol. The summed E-state index contributed by atoms with van der Waals surface area (Å²) in [4.78, 5) is 13.6. The molecule has 1 unspecified atom stereocenters. The van der Waals surface area contributed by atoms with Crippen molar-refractivity contribution in [2.45, 2.75) is 26.4 Å². The fourth-order valence-electron chi connectivity index (χ4n) is 1.94. The summed E-state index contributed by atoms with van der Waals surface area (Å²) in [6, 6.07) is 0. The molecule has 17 heavy (non-hydrogen) atoms. The molecule has 0 aromatic carbocycles. The maximum absolute atomic E-state index is 11.7. The van der Waals surface area contributed by atoms with Gasteiger partial charge >= 0.3 is 0 Å². The number of rotatable bonds is 8. The van der Waals surface area contributed by atoms with Crippen LogP contribution in [0.2, 0.25) is 0 Å². The SMILES string of the molecule is COCCOCCN1C(=O)CNC1CC(C)C. The number of amides is 1. The van der Waals surface area contributed by atoms with Gasteiger partial charge < -0.3 is 14.4 Å². The number of ether oxygens (including phenoxy) is 2. The highest BCUT2D eigenvalue weighted by Crippen LogP contribution is 2.13. The highest BCUT2D eigenvalue weighted by Gasteiger charge is 2.30. The molecule has 1 aliphatic heterocycles. The molecule has 0 aliphatic carbocycles. The number of nitrogens with one attached hydrogen (secondary N) is 1. The van der Waals surface area contributed by atoms with Crippen molar-refractivity contribution in [3.05, 3.63) is 0 Å². The molecule has 1 fully saturated rings. The quantitative estimate of drug-likeness (QED) is 0.630. The molecular formula is C12H24N2O3. The lowest BCUT2D eigenvalue weighted by Gasteiger charge is -2.25. The van der Waals surface area contributed by atoms with E-state index >= 15 is 0 Å². The summed E-state index contributed by atoms with van der Waals surface area (Å²) in [5.74, 6) is 0.751. The molecule has 0 bridgehead atoms. The van der Waals surface area contributed by atoms with Crippen LogP contribution in [0.4, 0.5) is 0 Å². The Morgan fingerprint density at radius 3 is 2.82 bits per heavy atom. The third kappa shape index (κ3) is 5.02. The Hall–Kier alpha value is -0.650. The fraction of sp³-hybridized carbons (Fsp3) is 0.917. The smallest absolute Gasteiger partial charge is 0.237 e. The van der Waals surface area contributed by atoms with Gasteiger partial charge in [-0.05, 0) is 12.3 Å². The van der Waals surface area contributed by atoms with Gasteiger partial charge in [-0.15, -0.1) is 0 Å². The molecule has 1 heterocycles. The lowest BCUT2D eigenvalue weighted by molar-refractivity contribution is -0.128. The van der Waals surface area contributed by atoms with Gasteiger partial charge in [-0.2, -0.15) is 0 Å². The molecule has 1 N–H and O–H groups in total. The Balaban J connectivity index is 2.25. The van der Waals surface area contributed by atoms with Gasteiger partial charge in [0.15, 0.2) is 0 Å². The van der Waals surface area contributed by atoms with Crippen molar-refractivity contribution in [3.8, 4) is 0 Å². The van der Waals surface area contributed by atoms with Gasteiger partial charge in [-0.3, -0.25) is 10.1 Å². The molecule has 5 nitrogen and oxygen atoms in total. The first-order chi connectivity index (χ1) is 8.15. The summed E-state index contributed by atoms with van der Waals surface area (Å²) in [5.41, 5.74) is 0. The molecule has 1 amide bonds.